The van der Waals surface area contributed by atoms with Crippen molar-refractivity contribution in [2.45, 2.75) is 18.0 Å². The third-order valence-electron chi connectivity index (χ3n) is 3.81. The van der Waals surface area contributed by atoms with E-state index >= 15 is 0 Å². The number of nitrogens with two attached hydrogens (primary N) is 1. The normalized spacial score (nSPS) is 13.7. The lowest BCUT2D eigenvalue weighted by Gasteiger charge is -2.11. The third kappa shape index (κ3) is 6.44. The van der Waals surface area contributed by atoms with E-state index in [9.17, 15) is 26.4 Å². The van der Waals surface area contributed by atoms with Crippen LogP contribution in [-0.2, 0) is 19.4 Å². The summed E-state index contributed by atoms with van der Waals surface area (Å²) in [6, 6.07) is 8.60. The number of alkyl halides is 3. The number of hydrogen-bond donors (Lipinski definition) is 1. The van der Waals surface area contributed by atoms with Crippen LogP contribution >= 0.6 is 15.9 Å². The smallest absolute Gasteiger partial charge is 0.431 e. The molecule has 0 aliphatic heterocycles. The summed E-state index contributed by atoms with van der Waals surface area (Å²) in [5, 5.41) is 0. The highest BCUT2D eigenvalue weighted by molar-refractivity contribution is 9.12. The molecule has 0 atom stereocenters. The zero-order valence-corrected chi connectivity index (χ0v) is 18.8. The van der Waals surface area contributed by atoms with Gasteiger partial charge in [-0.05, 0) is 47.1 Å². The molecule has 0 saturated heterocycles. The minimum Gasteiger partial charge on any atom is -0.465 e. The molecule has 1 aromatic heterocycles. The van der Waals surface area contributed by atoms with Crippen LogP contribution in [0.4, 0.5) is 13.2 Å². The second-order valence-electron chi connectivity index (χ2n) is 6.16. The van der Waals surface area contributed by atoms with Crippen LogP contribution in [0.15, 0.2) is 60.9 Å². The van der Waals surface area contributed by atoms with E-state index in [0.29, 0.717) is 5.56 Å². The predicted molar refractivity (Wildman–Crippen MR) is 111 cm³/mol. The van der Waals surface area contributed by atoms with Gasteiger partial charge >= 0.3 is 12.1 Å². The number of benzene rings is 1. The Labute approximate surface area is 184 Å². The fourth-order valence-corrected chi connectivity index (χ4v) is 3.57. The average molecular weight is 523 g/mol. The van der Waals surface area contributed by atoms with Crippen LogP contribution in [0.5, 0.6) is 0 Å². The van der Waals surface area contributed by atoms with E-state index in [0.717, 1.165) is 6.26 Å². The van der Waals surface area contributed by atoms with Crippen molar-refractivity contribution in [1.82, 2.24) is 0 Å². The van der Waals surface area contributed by atoms with E-state index in [2.05, 4.69) is 20.9 Å². The van der Waals surface area contributed by atoms with Gasteiger partial charge in [0.1, 0.15) is 23.7 Å². The first-order valence-electron chi connectivity index (χ1n) is 8.68. The van der Waals surface area contributed by atoms with E-state index < -0.39 is 38.7 Å². The number of esters is 1. The van der Waals surface area contributed by atoms with Crippen LogP contribution in [0.1, 0.15) is 12.7 Å². The van der Waals surface area contributed by atoms with Gasteiger partial charge in [-0.25, -0.2) is 8.42 Å². The van der Waals surface area contributed by atoms with Crippen molar-refractivity contribution in [2.24, 2.45) is 10.7 Å². The molecule has 1 heterocycles. The number of allylic oxidation sites excluding steroid dienone is 2. The fourth-order valence-electron chi connectivity index (χ4n) is 2.36. The first-order valence-corrected chi connectivity index (χ1v) is 11.4. The highest BCUT2D eigenvalue weighted by Gasteiger charge is 2.35. The molecular formula is C19H18BrF3N2O5S. The molecule has 2 aromatic rings. The minimum absolute atomic E-state index is 0.0431. The van der Waals surface area contributed by atoms with Crippen LogP contribution in [-0.4, -0.2) is 45.7 Å². The molecule has 0 fully saturated rings. The second-order valence-corrected chi connectivity index (χ2v) is 8.97. The van der Waals surface area contributed by atoms with Crippen molar-refractivity contribution >= 4 is 37.4 Å². The molecule has 1 aromatic carbocycles. The zero-order chi connectivity index (χ0) is 23.4. The predicted octanol–water partition coefficient (Wildman–Crippen LogP) is 3.83. The number of halogens is 4. The Morgan fingerprint density at radius 3 is 2.52 bits per heavy atom. The average Bonchev–Trinajstić information content (AvgIpc) is 3.16. The topological polar surface area (TPSA) is 112 Å². The van der Waals surface area contributed by atoms with Gasteiger partial charge in [0, 0.05) is 11.8 Å². The van der Waals surface area contributed by atoms with Crippen LogP contribution in [0.25, 0.3) is 11.3 Å². The lowest BCUT2D eigenvalue weighted by molar-refractivity contribution is -0.141. The molecule has 0 spiro atoms. The molecule has 31 heavy (non-hydrogen) atoms. The van der Waals surface area contributed by atoms with Gasteiger partial charge in [-0.15, -0.1) is 0 Å². The largest absolute Gasteiger partial charge is 0.465 e. The Morgan fingerprint density at radius 1 is 1.26 bits per heavy atom. The molecule has 0 amide bonds. The number of carbonyl (C=O) groups is 1. The molecule has 0 aliphatic rings. The lowest BCUT2D eigenvalue weighted by Crippen LogP contribution is -2.23. The van der Waals surface area contributed by atoms with Gasteiger partial charge in [0.05, 0.1) is 16.0 Å². The molecule has 12 heteroatoms. The lowest BCUT2D eigenvalue weighted by atomic mass is 10.2. The van der Waals surface area contributed by atoms with Crippen molar-refractivity contribution in [1.29, 1.82) is 0 Å². The van der Waals surface area contributed by atoms with Gasteiger partial charge in [-0.1, -0.05) is 12.1 Å². The number of sulfone groups is 1. The van der Waals surface area contributed by atoms with Gasteiger partial charge in [0.2, 0.25) is 0 Å². The maximum absolute atomic E-state index is 13.1. The summed E-state index contributed by atoms with van der Waals surface area (Å²) < 4.78 is 72.5. The fraction of sp³-hybridized carbons (Fsp3) is 0.263. The monoisotopic (exact) mass is 522 g/mol. The van der Waals surface area contributed by atoms with Gasteiger partial charge in [0.15, 0.2) is 15.6 Å². The molecular weight excluding hydrogens is 505 g/mol. The van der Waals surface area contributed by atoms with Crippen molar-refractivity contribution < 1.29 is 35.5 Å². The first-order chi connectivity index (χ1) is 14.3. The Morgan fingerprint density at radius 2 is 1.94 bits per heavy atom. The maximum atomic E-state index is 13.1. The quantitative estimate of drug-likeness (QED) is 0.436. The van der Waals surface area contributed by atoms with Crippen molar-refractivity contribution in [2.75, 3.05) is 19.4 Å². The van der Waals surface area contributed by atoms with E-state index in [1.807, 2.05) is 0 Å². The summed E-state index contributed by atoms with van der Waals surface area (Å²) in [6.45, 7) is 1.08. The minimum atomic E-state index is -4.86. The summed E-state index contributed by atoms with van der Waals surface area (Å²) in [6.07, 6.45) is -3.82. The molecule has 0 saturated carbocycles. The highest BCUT2D eigenvalue weighted by Crippen LogP contribution is 2.31. The summed E-state index contributed by atoms with van der Waals surface area (Å²) in [5.41, 5.74) is 3.74. The summed E-state index contributed by atoms with van der Waals surface area (Å²) in [4.78, 5) is 15.5. The Hall–Kier alpha value is -2.60. The summed E-state index contributed by atoms with van der Waals surface area (Å²) in [5.74, 6) is -0.697. The molecule has 0 radical (unpaired) electrons. The van der Waals surface area contributed by atoms with Crippen molar-refractivity contribution in [3.63, 3.8) is 0 Å². The molecule has 2 N–H and O–H groups in total. The maximum Gasteiger partial charge on any atom is 0.431 e. The second kappa shape index (κ2) is 9.69. The highest BCUT2D eigenvalue weighted by atomic mass is 79.9. The van der Waals surface area contributed by atoms with Crippen molar-refractivity contribution in [3.8, 4) is 11.3 Å². The van der Waals surface area contributed by atoms with Gasteiger partial charge in [-0.3, -0.25) is 9.79 Å². The Kier molecular flexibility index (Phi) is 7.71. The van der Waals surface area contributed by atoms with Gasteiger partial charge < -0.3 is 14.9 Å². The van der Waals surface area contributed by atoms with E-state index in [-0.39, 0.29) is 28.7 Å². The number of aliphatic imine (C=N–C) groups is 1. The number of carbonyl (C=O) groups excluding carboxylic acids is 1. The number of hydrogen-bond acceptors (Lipinski definition) is 7. The Bertz CT molecular complexity index is 1140. The molecule has 0 bridgehead atoms. The van der Waals surface area contributed by atoms with E-state index in [4.69, 9.17) is 14.9 Å². The zero-order valence-electron chi connectivity index (χ0n) is 16.4. The number of rotatable bonds is 7. The number of nitrogens with zero attached hydrogens (tertiary/aromatic N) is 1. The SMILES string of the molecule is CCOC(=O)CN=C(C(Br)=C(N)C(F)(F)F)c1ccc(-c2cccc(S(C)(=O)=O)c2)o1. The van der Waals surface area contributed by atoms with Crippen molar-refractivity contribution in [3.05, 3.63) is 52.3 Å². The summed E-state index contributed by atoms with van der Waals surface area (Å²) >= 11 is 2.79. The van der Waals surface area contributed by atoms with Gasteiger partial charge in [-0.2, -0.15) is 13.2 Å². The van der Waals surface area contributed by atoms with Crippen LogP contribution in [0.2, 0.25) is 0 Å². The molecule has 168 valence electrons. The Balaban J connectivity index is 2.53. The molecule has 2 rings (SSSR count). The standard InChI is InChI=1S/C19H18BrF3N2O5S/c1-3-29-15(26)10-25-17(16(20)18(24)19(21,22)23)14-8-7-13(30-14)11-5-4-6-12(9-11)31(2,27)28/h4-9H,3,10,24H2,1-2H3. The van der Waals surface area contributed by atoms with Gasteiger partial charge in [0.25, 0.3) is 0 Å². The first kappa shape index (κ1) is 24.7. The van der Waals surface area contributed by atoms with Crippen LogP contribution in [0.3, 0.4) is 0 Å². The van der Waals surface area contributed by atoms with Crippen LogP contribution < -0.4 is 5.73 Å². The molecule has 0 unspecified atom stereocenters. The molecule has 0 aliphatic carbocycles. The number of ether oxygens (including phenoxy) is 1. The van der Waals surface area contributed by atoms with E-state index in [1.54, 1.807) is 13.0 Å². The number of furan rings is 1. The van der Waals surface area contributed by atoms with Crippen LogP contribution in [0, 0.1) is 0 Å². The van der Waals surface area contributed by atoms with E-state index in [1.165, 1.54) is 30.3 Å². The summed E-state index contributed by atoms with van der Waals surface area (Å²) in [7, 11) is -3.48. The molecule has 7 nitrogen and oxygen atoms in total. The third-order valence-corrected chi connectivity index (χ3v) is 5.72.